The molecule has 0 fully saturated rings. The molecule has 196 valence electrons. The number of aliphatic hydroxyl groups excluding tert-OH is 1. The molecule has 4 unspecified atom stereocenters. The fourth-order valence-corrected chi connectivity index (χ4v) is 2.93. The summed E-state index contributed by atoms with van der Waals surface area (Å²) < 4.78 is 0. The van der Waals surface area contributed by atoms with E-state index in [0.29, 0.717) is 32.2 Å². The molecule has 14 nitrogen and oxygen atoms in total. The van der Waals surface area contributed by atoms with Crippen LogP contribution >= 0.6 is 0 Å². The van der Waals surface area contributed by atoms with Crippen LogP contribution in [0.1, 0.15) is 46.0 Å². The van der Waals surface area contributed by atoms with Gasteiger partial charge in [0.15, 0.2) is 5.96 Å². The van der Waals surface area contributed by atoms with Gasteiger partial charge in [0, 0.05) is 6.54 Å². The Kier molecular flexibility index (Phi) is 15.2. The van der Waals surface area contributed by atoms with E-state index in [4.69, 9.17) is 33.1 Å². The number of guanidine groups is 1. The van der Waals surface area contributed by atoms with Gasteiger partial charge in [-0.25, -0.2) is 4.79 Å². The SMILES string of the molecule is CC(C)C(NC(=O)C(CCCN=C(N)N)NC(=O)C(N)CCCCN)C(=O)NC(CO)C(=O)O. The van der Waals surface area contributed by atoms with E-state index in [1.807, 2.05) is 0 Å². The molecule has 0 aromatic carbocycles. The number of aliphatic imine (C=N–C) groups is 1. The number of carboxylic acid groups (broad SMARTS) is 1. The second-order valence-corrected chi connectivity index (χ2v) is 8.21. The molecule has 0 saturated heterocycles. The molecular weight excluding hydrogens is 448 g/mol. The van der Waals surface area contributed by atoms with Crippen LogP contribution in [0.25, 0.3) is 0 Å². The quantitative estimate of drug-likeness (QED) is 0.0558. The number of amides is 3. The number of aliphatic hydroxyl groups is 1. The standard InChI is InChI=1S/C20H40N8O6/c1-11(2)15(18(32)27-14(10-29)19(33)34)28-17(31)13(7-5-9-25-20(23)24)26-16(30)12(22)6-3-4-8-21/h11-15,29H,3-10,21-22H2,1-2H3,(H,26,30)(H,27,32)(H,28,31)(H,33,34)(H4,23,24,25). The Morgan fingerprint density at radius 3 is 2.00 bits per heavy atom. The Morgan fingerprint density at radius 1 is 0.882 bits per heavy atom. The van der Waals surface area contributed by atoms with Gasteiger partial charge in [-0.2, -0.15) is 0 Å². The highest BCUT2D eigenvalue weighted by atomic mass is 16.4. The predicted molar refractivity (Wildman–Crippen MR) is 126 cm³/mol. The van der Waals surface area contributed by atoms with E-state index in [1.54, 1.807) is 13.8 Å². The average molecular weight is 489 g/mol. The molecule has 0 aliphatic rings. The summed E-state index contributed by atoms with van der Waals surface area (Å²) in [5, 5.41) is 25.5. The first-order chi connectivity index (χ1) is 15.9. The van der Waals surface area contributed by atoms with Gasteiger partial charge in [0.05, 0.1) is 12.6 Å². The number of nitrogens with two attached hydrogens (primary N) is 4. The number of carbonyl (C=O) groups is 4. The van der Waals surface area contributed by atoms with Crippen LogP contribution in [0.3, 0.4) is 0 Å². The van der Waals surface area contributed by atoms with Gasteiger partial charge in [-0.1, -0.05) is 20.3 Å². The van der Waals surface area contributed by atoms with E-state index >= 15 is 0 Å². The molecule has 0 aromatic rings. The maximum absolute atomic E-state index is 13.0. The number of nitrogens with zero attached hydrogens (tertiary/aromatic N) is 1. The summed E-state index contributed by atoms with van der Waals surface area (Å²) in [5.74, 6) is -3.92. The number of carbonyl (C=O) groups excluding carboxylic acids is 3. The molecule has 14 heteroatoms. The lowest BCUT2D eigenvalue weighted by Gasteiger charge is -2.27. The first-order valence-corrected chi connectivity index (χ1v) is 11.2. The van der Waals surface area contributed by atoms with Crippen molar-refractivity contribution in [2.75, 3.05) is 19.7 Å². The minimum absolute atomic E-state index is 0.111. The zero-order valence-electron chi connectivity index (χ0n) is 19.8. The van der Waals surface area contributed by atoms with Crippen LogP contribution in [0.5, 0.6) is 0 Å². The lowest BCUT2D eigenvalue weighted by molar-refractivity contribution is -0.143. The molecule has 34 heavy (non-hydrogen) atoms. The summed E-state index contributed by atoms with van der Waals surface area (Å²) in [5.41, 5.74) is 22.0. The smallest absolute Gasteiger partial charge is 0.328 e. The molecule has 0 rings (SSSR count). The van der Waals surface area contributed by atoms with Crippen molar-refractivity contribution in [1.82, 2.24) is 16.0 Å². The van der Waals surface area contributed by atoms with E-state index in [2.05, 4.69) is 20.9 Å². The van der Waals surface area contributed by atoms with Crippen molar-refractivity contribution in [2.24, 2.45) is 33.8 Å². The van der Waals surface area contributed by atoms with Crippen molar-refractivity contribution >= 4 is 29.7 Å². The van der Waals surface area contributed by atoms with E-state index in [-0.39, 0.29) is 18.9 Å². The third-order valence-corrected chi connectivity index (χ3v) is 4.93. The molecule has 4 atom stereocenters. The Morgan fingerprint density at radius 2 is 1.50 bits per heavy atom. The summed E-state index contributed by atoms with van der Waals surface area (Å²) in [7, 11) is 0. The fraction of sp³-hybridized carbons (Fsp3) is 0.750. The Bertz CT molecular complexity index is 699. The number of aliphatic carboxylic acids is 1. The Balaban J connectivity index is 5.39. The van der Waals surface area contributed by atoms with Crippen LogP contribution in [0.15, 0.2) is 4.99 Å². The first kappa shape index (κ1) is 31.0. The zero-order chi connectivity index (χ0) is 26.3. The molecule has 0 aromatic heterocycles. The summed E-state index contributed by atoms with van der Waals surface area (Å²) in [4.78, 5) is 53.0. The third-order valence-electron chi connectivity index (χ3n) is 4.93. The van der Waals surface area contributed by atoms with Gasteiger partial charge in [-0.05, 0) is 38.1 Å². The summed E-state index contributed by atoms with van der Waals surface area (Å²) >= 11 is 0. The summed E-state index contributed by atoms with van der Waals surface area (Å²) in [6.07, 6.45) is 2.26. The molecule has 0 heterocycles. The van der Waals surface area contributed by atoms with Crippen molar-refractivity contribution in [3.05, 3.63) is 0 Å². The zero-order valence-corrected chi connectivity index (χ0v) is 19.8. The van der Waals surface area contributed by atoms with Gasteiger partial charge >= 0.3 is 5.97 Å². The minimum atomic E-state index is -1.52. The molecule has 0 aliphatic heterocycles. The highest BCUT2D eigenvalue weighted by Gasteiger charge is 2.31. The summed E-state index contributed by atoms with van der Waals surface area (Å²) in [6, 6.07) is -4.52. The van der Waals surface area contributed by atoms with E-state index in [0.717, 1.165) is 0 Å². The second-order valence-electron chi connectivity index (χ2n) is 8.21. The lowest BCUT2D eigenvalue weighted by atomic mass is 10.0. The van der Waals surface area contributed by atoms with E-state index in [9.17, 15) is 19.2 Å². The lowest BCUT2D eigenvalue weighted by Crippen LogP contribution is -2.58. The maximum Gasteiger partial charge on any atom is 0.328 e. The molecule has 3 amide bonds. The maximum atomic E-state index is 13.0. The fourth-order valence-electron chi connectivity index (χ4n) is 2.93. The van der Waals surface area contributed by atoms with Crippen LogP contribution in [0.4, 0.5) is 0 Å². The normalized spacial score (nSPS) is 14.4. The van der Waals surface area contributed by atoms with Crippen molar-refractivity contribution in [2.45, 2.75) is 70.1 Å². The molecule has 0 spiro atoms. The molecule has 0 aliphatic carbocycles. The summed E-state index contributed by atoms with van der Waals surface area (Å²) in [6.45, 7) is 3.18. The average Bonchev–Trinajstić information content (AvgIpc) is 2.76. The van der Waals surface area contributed by atoms with Crippen molar-refractivity contribution < 1.29 is 29.4 Å². The Hall–Kier alpha value is -2.97. The van der Waals surface area contributed by atoms with E-state index in [1.165, 1.54) is 0 Å². The van der Waals surface area contributed by atoms with Crippen LogP contribution in [0, 0.1) is 5.92 Å². The van der Waals surface area contributed by atoms with Gasteiger partial charge in [0.25, 0.3) is 0 Å². The molecule has 13 N–H and O–H groups in total. The van der Waals surface area contributed by atoms with E-state index < -0.39 is 60.4 Å². The van der Waals surface area contributed by atoms with Crippen LogP contribution in [0.2, 0.25) is 0 Å². The largest absolute Gasteiger partial charge is 0.480 e. The van der Waals surface area contributed by atoms with Crippen LogP contribution < -0.4 is 38.9 Å². The number of hydrogen-bond donors (Lipinski definition) is 9. The number of nitrogens with one attached hydrogen (secondary N) is 3. The topological polar surface area (TPSA) is 261 Å². The van der Waals surface area contributed by atoms with Crippen molar-refractivity contribution in [3.63, 3.8) is 0 Å². The molecule has 0 saturated carbocycles. The minimum Gasteiger partial charge on any atom is -0.480 e. The number of rotatable bonds is 17. The van der Waals surface area contributed by atoms with Crippen LogP contribution in [-0.2, 0) is 19.2 Å². The predicted octanol–water partition coefficient (Wildman–Crippen LogP) is -3.32. The highest BCUT2D eigenvalue weighted by molar-refractivity contribution is 5.94. The molecular formula is C20H40N8O6. The van der Waals surface area contributed by atoms with Crippen LogP contribution in [-0.4, -0.2) is 83.7 Å². The molecule has 0 bridgehead atoms. The van der Waals surface area contributed by atoms with Crippen molar-refractivity contribution in [3.8, 4) is 0 Å². The van der Waals surface area contributed by atoms with Gasteiger partial charge < -0.3 is 49.1 Å². The third kappa shape index (κ3) is 12.3. The van der Waals surface area contributed by atoms with Gasteiger partial charge in [-0.3, -0.25) is 19.4 Å². The second kappa shape index (κ2) is 16.6. The number of carboxylic acids is 1. The van der Waals surface area contributed by atoms with Gasteiger partial charge in [-0.15, -0.1) is 0 Å². The number of unbranched alkanes of at least 4 members (excludes halogenated alkanes) is 1. The van der Waals surface area contributed by atoms with Gasteiger partial charge in [0.1, 0.15) is 18.1 Å². The highest BCUT2D eigenvalue weighted by Crippen LogP contribution is 2.07. The van der Waals surface area contributed by atoms with Gasteiger partial charge in [0.2, 0.25) is 17.7 Å². The van der Waals surface area contributed by atoms with Crippen molar-refractivity contribution in [1.29, 1.82) is 0 Å². The monoisotopic (exact) mass is 488 g/mol. The first-order valence-electron chi connectivity index (χ1n) is 11.2. The number of hydrogen-bond acceptors (Lipinski definition) is 8. The molecule has 0 radical (unpaired) electrons. The Labute approximate surface area is 199 Å².